The minimum absolute atomic E-state index is 0.776. The Morgan fingerprint density at radius 3 is 2.84 bits per heavy atom. The van der Waals surface area contributed by atoms with Gasteiger partial charge in [0.25, 0.3) is 0 Å². The van der Waals surface area contributed by atoms with Crippen LogP contribution < -0.4 is 5.32 Å². The van der Waals surface area contributed by atoms with E-state index in [1.54, 1.807) is 0 Å². The van der Waals surface area contributed by atoms with Crippen molar-refractivity contribution in [2.75, 3.05) is 13.1 Å². The van der Waals surface area contributed by atoms with Gasteiger partial charge in [-0.1, -0.05) is 40.2 Å². The molecule has 1 fully saturated rings. The molecule has 0 atom stereocenters. The average molecular weight is 321 g/mol. The minimum Gasteiger partial charge on any atom is -0.310 e. The third kappa shape index (κ3) is 3.91. The zero-order valence-corrected chi connectivity index (χ0v) is 12.8. The molecule has 0 unspecified atom stereocenters. The van der Waals surface area contributed by atoms with Crippen LogP contribution in [-0.2, 0) is 13.1 Å². The monoisotopic (exact) mass is 320 g/mol. The van der Waals surface area contributed by atoms with E-state index < -0.39 is 0 Å². The summed E-state index contributed by atoms with van der Waals surface area (Å²) < 4.78 is 1.25. The van der Waals surface area contributed by atoms with Gasteiger partial charge in [0.1, 0.15) is 0 Å². The van der Waals surface area contributed by atoms with Crippen molar-refractivity contribution in [3.8, 4) is 0 Å². The lowest BCUT2D eigenvalue weighted by Gasteiger charge is -2.23. The Bertz CT molecular complexity index is 466. The zero-order valence-electron chi connectivity index (χ0n) is 11.2. The molecule has 1 heterocycles. The highest BCUT2D eigenvalue weighted by molar-refractivity contribution is 9.10. The van der Waals surface area contributed by atoms with Gasteiger partial charge in [0.15, 0.2) is 0 Å². The maximum absolute atomic E-state index is 3.72. The Balaban J connectivity index is 1.59. The van der Waals surface area contributed by atoms with E-state index in [0.717, 1.165) is 25.7 Å². The summed E-state index contributed by atoms with van der Waals surface area (Å²) in [5.41, 5.74) is 2.77. The molecule has 19 heavy (non-hydrogen) atoms. The van der Waals surface area contributed by atoms with Crippen LogP contribution in [0, 0.1) is 0 Å². The molecular formula is C16H21BrN2. The Labute approximate surface area is 124 Å². The first-order valence-corrected chi connectivity index (χ1v) is 7.98. The van der Waals surface area contributed by atoms with Crippen molar-refractivity contribution in [1.29, 1.82) is 0 Å². The Hall–Kier alpha value is -0.640. The van der Waals surface area contributed by atoms with Gasteiger partial charge in [-0.2, -0.15) is 0 Å². The maximum Gasteiger partial charge on any atom is 0.0248 e. The maximum atomic E-state index is 3.72. The van der Waals surface area contributed by atoms with Crippen LogP contribution in [0.3, 0.4) is 0 Å². The van der Waals surface area contributed by atoms with Gasteiger partial charge in [-0.15, -0.1) is 0 Å². The lowest BCUT2D eigenvalue weighted by atomic mass is 10.1. The van der Waals surface area contributed by atoms with Gasteiger partial charge >= 0.3 is 0 Å². The van der Waals surface area contributed by atoms with Gasteiger partial charge in [-0.05, 0) is 36.5 Å². The first kappa shape index (κ1) is 13.3. The second kappa shape index (κ2) is 6.21. The normalized spacial score (nSPS) is 19.8. The van der Waals surface area contributed by atoms with Crippen molar-refractivity contribution in [1.82, 2.24) is 10.2 Å². The van der Waals surface area contributed by atoms with Crippen LogP contribution in [0.2, 0.25) is 0 Å². The van der Waals surface area contributed by atoms with Crippen LogP contribution in [0.15, 0.2) is 34.8 Å². The van der Waals surface area contributed by atoms with Crippen LogP contribution in [0.25, 0.3) is 0 Å². The largest absolute Gasteiger partial charge is 0.310 e. The summed E-state index contributed by atoms with van der Waals surface area (Å²) in [4.78, 5) is 2.49. The van der Waals surface area contributed by atoms with E-state index in [2.05, 4.69) is 56.5 Å². The highest BCUT2D eigenvalue weighted by Gasteiger charge is 2.20. The summed E-state index contributed by atoms with van der Waals surface area (Å²) in [7, 11) is 0. The first-order chi connectivity index (χ1) is 9.31. The summed E-state index contributed by atoms with van der Waals surface area (Å²) in [6.45, 7) is 4.29. The molecule has 1 saturated carbocycles. The molecular weight excluding hydrogens is 300 g/mol. The lowest BCUT2D eigenvalue weighted by molar-refractivity contribution is 0.290. The van der Waals surface area contributed by atoms with Gasteiger partial charge in [0.05, 0.1) is 0 Å². The van der Waals surface area contributed by atoms with Crippen molar-refractivity contribution in [3.05, 3.63) is 46.0 Å². The fraction of sp³-hybridized carbons (Fsp3) is 0.500. The Morgan fingerprint density at radius 1 is 1.26 bits per heavy atom. The van der Waals surface area contributed by atoms with E-state index in [9.17, 15) is 0 Å². The molecule has 1 N–H and O–H groups in total. The van der Waals surface area contributed by atoms with Crippen molar-refractivity contribution in [3.63, 3.8) is 0 Å². The van der Waals surface area contributed by atoms with Crippen molar-refractivity contribution in [2.24, 2.45) is 0 Å². The zero-order chi connectivity index (χ0) is 13.1. The van der Waals surface area contributed by atoms with E-state index in [0.29, 0.717) is 0 Å². The molecule has 2 nitrogen and oxygen atoms in total. The third-order valence-electron chi connectivity index (χ3n) is 3.83. The van der Waals surface area contributed by atoms with Gasteiger partial charge in [-0.3, -0.25) is 4.90 Å². The SMILES string of the molecule is Brc1cc(CNC2CC2)ccc1CN1CC=CCC1. The van der Waals surface area contributed by atoms with Crippen LogP contribution in [0.5, 0.6) is 0 Å². The number of nitrogens with one attached hydrogen (secondary N) is 1. The first-order valence-electron chi connectivity index (χ1n) is 7.19. The predicted molar refractivity (Wildman–Crippen MR) is 83.0 cm³/mol. The van der Waals surface area contributed by atoms with Gasteiger partial charge in [0.2, 0.25) is 0 Å². The highest BCUT2D eigenvalue weighted by Crippen LogP contribution is 2.23. The minimum atomic E-state index is 0.776. The second-order valence-electron chi connectivity index (χ2n) is 5.58. The van der Waals surface area contributed by atoms with E-state index in [1.807, 2.05) is 0 Å². The van der Waals surface area contributed by atoms with Gasteiger partial charge in [0, 0.05) is 36.7 Å². The number of hydrogen-bond acceptors (Lipinski definition) is 2. The molecule has 2 aliphatic rings. The number of nitrogens with zero attached hydrogens (tertiary/aromatic N) is 1. The summed E-state index contributed by atoms with van der Waals surface area (Å²) in [6, 6.07) is 7.57. The molecule has 1 aliphatic heterocycles. The van der Waals surface area contributed by atoms with Crippen LogP contribution in [-0.4, -0.2) is 24.0 Å². The molecule has 1 aliphatic carbocycles. The predicted octanol–water partition coefficient (Wildman–Crippen LogP) is 3.46. The summed E-state index contributed by atoms with van der Waals surface area (Å²) in [6.07, 6.45) is 8.42. The highest BCUT2D eigenvalue weighted by atomic mass is 79.9. The molecule has 3 rings (SSSR count). The second-order valence-corrected chi connectivity index (χ2v) is 6.43. The molecule has 0 spiro atoms. The number of hydrogen-bond donors (Lipinski definition) is 1. The Morgan fingerprint density at radius 2 is 2.16 bits per heavy atom. The molecule has 0 bridgehead atoms. The number of halogens is 1. The van der Waals surface area contributed by atoms with Crippen molar-refractivity contribution in [2.45, 2.75) is 38.4 Å². The number of rotatable bonds is 5. The Kier molecular flexibility index (Phi) is 4.36. The molecule has 0 amide bonds. The van der Waals surface area contributed by atoms with E-state index in [1.165, 1.54) is 41.4 Å². The summed E-state index contributed by atoms with van der Waals surface area (Å²) in [5.74, 6) is 0. The van der Waals surface area contributed by atoms with Gasteiger partial charge < -0.3 is 5.32 Å². The fourth-order valence-electron chi connectivity index (χ4n) is 2.45. The summed E-state index contributed by atoms with van der Waals surface area (Å²) in [5, 5.41) is 3.56. The average Bonchev–Trinajstić information content (AvgIpc) is 3.25. The molecule has 0 saturated heterocycles. The standard InChI is InChI=1S/C16H21BrN2/c17-16-10-13(11-18-15-6-7-15)4-5-14(16)12-19-8-2-1-3-9-19/h1-2,4-5,10,15,18H,3,6-9,11-12H2. The molecule has 0 radical (unpaired) electrons. The summed E-state index contributed by atoms with van der Waals surface area (Å²) >= 11 is 3.72. The van der Waals surface area contributed by atoms with E-state index in [4.69, 9.17) is 0 Å². The van der Waals surface area contributed by atoms with Crippen molar-refractivity contribution >= 4 is 15.9 Å². The molecule has 3 heteroatoms. The lowest BCUT2D eigenvalue weighted by Crippen LogP contribution is -2.26. The molecule has 102 valence electrons. The smallest absolute Gasteiger partial charge is 0.0248 e. The number of benzene rings is 1. The van der Waals surface area contributed by atoms with E-state index in [-0.39, 0.29) is 0 Å². The van der Waals surface area contributed by atoms with Gasteiger partial charge in [-0.25, -0.2) is 0 Å². The fourth-order valence-corrected chi connectivity index (χ4v) is 3.00. The molecule has 1 aromatic carbocycles. The van der Waals surface area contributed by atoms with Crippen LogP contribution in [0.1, 0.15) is 30.4 Å². The third-order valence-corrected chi connectivity index (χ3v) is 4.56. The quantitative estimate of drug-likeness (QED) is 0.836. The molecule has 1 aromatic rings. The van der Waals surface area contributed by atoms with Crippen LogP contribution >= 0.6 is 15.9 Å². The van der Waals surface area contributed by atoms with Crippen molar-refractivity contribution < 1.29 is 0 Å². The molecule has 0 aromatic heterocycles. The van der Waals surface area contributed by atoms with Crippen LogP contribution in [0.4, 0.5) is 0 Å². The van der Waals surface area contributed by atoms with E-state index >= 15 is 0 Å². The topological polar surface area (TPSA) is 15.3 Å².